The first-order valence-corrected chi connectivity index (χ1v) is 9.32. The molecule has 3 atom stereocenters. The Balaban J connectivity index is 1.58. The Labute approximate surface area is 165 Å². The summed E-state index contributed by atoms with van der Waals surface area (Å²) in [6, 6.07) is 2.74. The Hall–Kier alpha value is -3.27. The lowest BCUT2D eigenvalue weighted by atomic mass is 10.1. The molecule has 152 valence electrons. The van der Waals surface area contributed by atoms with Gasteiger partial charge in [-0.05, 0) is 38.3 Å². The van der Waals surface area contributed by atoms with Crippen molar-refractivity contribution in [3.8, 4) is 5.88 Å². The fourth-order valence-corrected chi connectivity index (χ4v) is 3.49. The molecule has 3 aromatic rings. The molecule has 9 nitrogen and oxygen atoms in total. The van der Waals surface area contributed by atoms with Crippen LogP contribution in [0.25, 0.3) is 5.65 Å². The summed E-state index contributed by atoms with van der Waals surface area (Å²) >= 11 is 0. The number of rotatable bonds is 6. The molecule has 4 rings (SSSR count). The van der Waals surface area contributed by atoms with Crippen LogP contribution in [0.2, 0.25) is 0 Å². The van der Waals surface area contributed by atoms with Gasteiger partial charge < -0.3 is 20.9 Å². The third-order valence-corrected chi connectivity index (χ3v) is 4.98. The Morgan fingerprint density at radius 1 is 1.45 bits per heavy atom. The van der Waals surface area contributed by atoms with E-state index in [1.54, 1.807) is 12.3 Å². The number of aromatic carboxylic acids is 1. The minimum Gasteiger partial charge on any atom is -0.477 e. The molecule has 0 aromatic carbocycles. The molecule has 1 fully saturated rings. The minimum atomic E-state index is -1.11. The van der Waals surface area contributed by atoms with Crippen LogP contribution in [0.5, 0.6) is 5.88 Å². The molecule has 0 aliphatic heterocycles. The van der Waals surface area contributed by atoms with E-state index in [1.807, 2.05) is 6.92 Å². The van der Waals surface area contributed by atoms with Crippen LogP contribution in [0, 0.1) is 5.82 Å². The number of fused-ring (bicyclic) bond motifs is 1. The molecule has 0 radical (unpaired) electrons. The van der Waals surface area contributed by atoms with Crippen molar-refractivity contribution in [1.82, 2.24) is 19.6 Å². The lowest BCUT2D eigenvalue weighted by Crippen LogP contribution is -2.20. The smallest absolute Gasteiger partial charge is 0.341 e. The first kappa shape index (κ1) is 19.1. The average Bonchev–Trinajstić information content (AvgIpc) is 3.28. The number of carbonyl (C=O) groups is 1. The highest BCUT2D eigenvalue weighted by atomic mass is 19.1. The monoisotopic (exact) mass is 400 g/mol. The van der Waals surface area contributed by atoms with Gasteiger partial charge in [0.05, 0.1) is 18.4 Å². The Bertz CT molecular complexity index is 1060. The first-order chi connectivity index (χ1) is 13.9. The minimum absolute atomic E-state index is 0.00433. The van der Waals surface area contributed by atoms with Crippen LogP contribution in [-0.4, -0.2) is 42.8 Å². The molecular formula is C19H21FN6O3. The van der Waals surface area contributed by atoms with Crippen molar-refractivity contribution in [1.29, 1.82) is 0 Å². The normalized spacial score (nSPS) is 20.0. The van der Waals surface area contributed by atoms with Gasteiger partial charge in [-0.3, -0.25) is 0 Å². The van der Waals surface area contributed by atoms with E-state index in [2.05, 4.69) is 20.4 Å². The van der Waals surface area contributed by atoms with Crippen molar-refractivity contribution in [2.45, 2.75) is 44.4 Å². The number of carboxylic acids is 1. The molecule has 4 N–H and O–H groups in total. The number of hydrogen-bond donors (Lipinski definition) is 3. The van der Waals surface area contributed by atoms with Crippen LogP contribution in [0.4, 0.5) is 10.2 Å². The zero-order chi connectivity index (χ0) is 20.5. The number of nitrogens with zero attached hydrogens (tertiary/aromatic N) is 4. The van der Waals surface area contributed by atoms with Crippen LogP contribution in [0.1, 0.15) is 48.1 Å². The summed E-state index contributed by atoms with van der Waals surface area (Å²) in [5, 5.41) is 16.4. The summed E-state index contributed by atoms with van der Waals surface area (Å²) in [5.41, 5.74) is 6.69. The zero-order valence-corrected chi connectivity index (χ0v) is 15.7. The lowest BCUT2D eigenvalue weighted by molar-refractivity contribution is 0.0698. The number of halogens is 1. The van der Waals surface area contributed by atoms with E-state index in [4.69, 9.17) is 10.5 Å². The summed E-state index contributed by atoms with van der Waals surface area (Å²) in [6.07, 6.45) is 6.37. The largest absolute Gasteiger partial charge is 0.477 e. The molecule has 29 heavy (non-hydrogen) atoms. The number of carboxylic acid groups (broad SMARTS) is 1. The lowest BCUT2D eigenvalue weighted by Gasteiger charge is -2.20. The van der Waals surface area contributed by atoms with Crippen molar-refractivity contribution >= 4 is 17.4 Å². The van der Waals surface area contributed by atoms with Gasteiger partial charge in [0.25, 0.3) is 0 Å². The molecule has 0 spiro atoms. The molecule has 1 aliphatic carbocycles. The van der Waals surface area contributed by atoms with Gasteiger partial charge >= 0.3 is 5.97 Å². The molecule has 0 unspecified atom stereocenters. The third kappa shape index (κ3) is 3.97. The van der Waals surface area contributed by atoms with Gasteiger partial charge in [-0.1, -0.05) is 0 Å². The molecule has 3 heterocycles. The summed E-state index contributed by atoms with van der Waals surface area (Å²) in [5.74, 6) is -0.817. The molecule has 3 aromatic heterocycles. The maximum absolute atomic E-state index is 13.9. The van der Waals surface area contributed by atoms with Crippen LogP contribution in [-0.2, 0) is 0 Å². The summed E-state index contributed by atoms with van der Waals surface area (Å²) in [4.78, 5) is 19.8. The second-order valence-corrected chi connectivity index (χ2v) is 7.17. The molecular weight excluding hydrogens is 379 g/mol. The third-order valence-electron chi connectivity index (χ3n) is 4.98. The summed E-state index contributed by atoms with van der Waals surface area (Å²) in [7, 11) is 0. The van der Waals surface area contributed by atoms with Crippen molar-refractivity contribution in [3.05, 3.63) is 47.7 Å². The predicted octanol–water partition coefficient (Wildman–Crippen LogP) is 2.39. The van der Waals surface area contributed by atoms with E-state index in [9.17, 15) is 14.3 Å². The number of pyridine rings is 1. The fraction of sp³-hybridized carbons (Fsp3) is 0.368. The van der Waals surface area contributed by atoms with E-state index in [1.165, 1.54) is 16.8 Å². The van der Waals surface area contributed by atoms with E-state index >= 15 is 0 Å². The van der Waals surface area contributed by atoms with E-state index in [0.29, 0.717) is 17.3 Å². The fourth-order valence-electron chi connectivity index (χ4n) is 3.49. The topological polar surface area (TPSA) is 128 Å². The van der Waals surface area contributed by atoms with E-state index in [-0.39, 0.29) is 23.4 Å². The van der Waals surface area contributed by atoms with Crippen molar-refractivity contribution < 1.29 is 19.0 Å². The molecule has 1 saturated carbocycles. The van der Waals surface area contributed by atoms with Crippen LogP contribution in [0.15, 0.2) is 30.7 Å². The molecule has 0 saturated heterocycles. The molecule has 0 bridgehead atoms. The van der Waals surface area contributed by atoms with Crippen LogP contribution in [0.3, 0.4) is 0 Å². The van der Waals surface area contributed by atoms with Crippen molar-refractivity contribution in [2.75, 3.05) is 5.32 Å². The number of anilines is 1. The number of nitrogens with one attached hydrogen (secondary N) is 1. The highest BCUT2D eigenvalue weighted by Gasteiger charge is 2.26. The predicted molar refractivity (Wildman–Crippen MR) is 102 cm³/mol. The number of ether oxygens (including phenoxy) is 1. The maximum atomic E-state index is 13.9. The number of hydrogen-bond acceptors (Lipinski definition) is 7. The summed E-state index contributed by atoms with van der Waals surface area (Å²) < 4.78 is 21.2. The van der Waals surface area contributed by atoms with Gasteiger partial charge in [-0.15, -0.1) is 0 Å². The number of nitrogens with two attached hydrogens (primary N) is 1. The van der Waals surface area contributed by atoms with Crippen molar-refractivity contribution in [2.24, 2.45) is 5.73 Å². The van der Waals surface area contributed by atoms with Crippen molar-refractivity contribution in [3.63, 3.8) is 0 Å². The van der Waals surface area contributed by atoms with E-state index in [0.717, 1.165) is 25.5 Å². The average molecular weight is 400 g/mol. The van der Waals surface area contributed by atoms with Gasteiger partial charge in [0, 0.05) is 17.8 Å². The van der Waals surface area contributed by atoms with E-state index < -0.39 is 17.8 Å². The summed E-state index contributed by atoms with van der Waals surface area (Å²) in [6.45, 7) is 1.82. The van der Waals surface area contributed by atoms with Gasteiger partial charge in [0.15, 0.2) is 5.65 Å². The molecule has 0 amide bonds. The van der Waals surface area contributed by atoms with Crippen LogP contribution >= 0.6 is 0 Å². The second kappa shape index (κ2) is 7.63. The van der Waals surface area contributed by atoms with Gasteiger partial charge in [-0.2, -0.15) is 5.10 Å². The highest BCUT2D eigenvalue weighted by Crippen LogP contribution is 2.30. The molecule has 10 heteroatoms. The number of aromatic nitrogens is 4. The maximum Gasteiger partial charge on any atom is 0.341 e. The highest BCUT2D eigenvalue weighted by molar-refractivity contribution is 5.94. The quantitative estimate of drug-likeness (QED) is 0.575. The SMILES string of the molecule is C[C@@H](Nc1ccn2ncc(C(=O)O)c2n1)c1cc(F)cnc1O[C@@H]1CC[C@@H](N)C1. The Kier molecular flexibility index (Phi) is 5.01. The standard InChI is InChI=1S/C19H21FN6O3/c1-10(24-16-4-5-26-17(25-16)15(9-23-26)19(27)28)14-6-11(20)8-22-18(14)29-13-3-2-12(21)7-13/h4-6,8-10,12-13H,2-3,7,21H2,1H3,(H,24,25)(H,27,28)/t10-,12-,13-/m1/s1. The zero-order valence-electron chi connectivity index (χ0n) is 15.7. The van der Waals surface area contributed by atoms with Gasteiger partial charge in [0.1, 0.15) is 23.3 Å². The Morgan fingerprint density at radius 2 is 2.28 bits per heavy atom. The van der Waals surface area contributed by atoms with Gasteiger partial charge in [0.2, 0.25) is 5.88 Å². The Morgan fingerprint density at radius 3 is 3.00 bits per heavy atom. The molecule has 1 aliphatic rings. The second-order valence-electron chi connectivity index (χ2n) is 7.17. The van der Waals surface area contributed by atoms with Crippen LogP contribution < -0.4 is 15.8 Å². The van der Waals surface area contributed by atoms with Gasteiger partial charge in [-0.25, -0.2) is 23.7 Å². The first-order valence-electron chi connectivity index (χ1n) is 9.32.